The van der Waals surface area contributed by atoms with Gasteiger partial charge < -0.3 is 28.4 Å². The topological polar surface area (TPSA) is 124 Å². The summed E-state index contributed by atoms with van der Waals surface area (Å²) in [6, 6.07) is 17.1. The molecular formula is C37H42O10. The molecule has 0 N–H and O–H groups in total. The van der Waals surface area contributed by atoms with Gasteiger partial charge in [0.15, 0.2) is 5.79 Å². The van der Waals surface area contributed by atoms with E-state index in [0.29, 0.717) is 36.8 Å². The second kappa shape index (κ2) is 19.1. The number of unbranched alkanes of at least 4 members (excludes halogenated alkanes) is 2. The molecule has 2 aromatic carbocycles. The van der Waals surface area contributed by atoms with Crippen LogP contribution in [-0.2, 0) is 38.0 Å². The van der Waals surface area contributed by atoms with Gasteiger partial charge in [-0.3, -0.25) is 9.59 Å². The van der Waals surface area contributed by atoms with Crippen LogP contribution in [-0.4, -0.2) is 68.3 Å². The molecule has 0 amide bonds. The summed E-state index contributed by atoms with van der Waals surface area (Å²) in [4.78, 5) is 49.4. The number of ether oxygens (including phenoxy) is 6. The molecule has 10 heteroatoms. The van der Waals surface area contributed by atoms with Gasteiger partial charge in [0.2, 0.25) is 0 Å². The van der Waals surface area contributed by atoms with Gasteiger partial charge in [0.1, 0.15) is 24.4 Å². The lowest BCUT2D eigenvalue weighted by atomic mass is 9.98. The van der Waals surface area contributed by atoms with E-state index in [-0.39, 0.29) is 37.6 Å². The van der Waals surface area contributed by atoms with Crippen molar-refractivity contribution in [3.05, 3.63) is 71.8 Å². The van der Waals surface area contributed by atoms with Crippen molar-refractivity contribution < 1.29 is 47.6 Å². The molecule has 0 spiro atoms. The molecule has 250 valence electrons. The summed E-state index contributed by atoms with van der Waals surface area (Å²) in [7, 11) is 2.67. The number of rotatable bonds is 14. The van der Waals surface area contributed by atoms with Crippen LogP contribution in [0.15, 0.2) is 60.7 Å². The highest BCUT2D eigenvalue weighted by Gasteiger charge is 2.50. The number of hydrogen-bond donors (Lipinski definition) is 0. The van der Waals surface area contributed by atoms with Gasteiger partial charge in [-0.15, -0.1) is 11.8 Å². The van der Waals surface area contributed by atoms with Crippen molar-refractivity contribution in [1.82, 2.24) is 0 Å². The number of carbonyl (C=O) groups excluding carboxylic acids is 4. The van der Waals surface area contributed by atoms with E-state index in [0.717, 1.165) is 0 Å². The Balaban J connectivity index is 1.88. The van der Waals surface area contributed by atoms with Gasteiger partial charge in [-0.1, -0.05) is 48.2 Å². The van der Waals surface area contributed by atoms with E-state index in [1.54, 1.807) is 74.5 Å². The van der Waals surface area contributed by atoms with Gasteiger partial charge in [-0.25, -0.2) is 9.59 Å². The lowest BCUT2D eigenvalue weighted by Crippen LogP contribution is -2.45. The molecule has 0 bridgehead atoms. The Morgan fingerprint density at radius 3 is 1.40 bits per heavy atom. The molecule has 0 radical (unpaired) electrons. The number of benzene rings is 2. The Bertz CT molecular complexity index is 1340. The molecule has 0 aliphatic carbocycles. The number of hydrogen-bond acceptors (Lipinski definition) is 10. The molecule has 1 aliphatic rings. The summed E-state index contributed by atoms with van der Waals surface area (Å²) < 4.78 is 34.0. The smallest absolute Gasteiger partial charge is 0.338 e. The molecular weight excluding hydrogens is 604 g/mol. The number of esters is 4. The highest BCUT2D eigenvalue weighted by atomic mass is 16.8. The normalized spacial score (nSPS) is 17.4. The maximum absolute atomic E-state index is 13.2. The summed E-state index contributed by atoms with van der Waals surface area (Å²) in [5.74, 6) is 9.28. The average molecular weight is 647 g/mol. The Morgan fingerprint density at radius 1 is 0.660 bits per heavy atom. The van der Waals surface area contributed by atoms with E-state index in [1.165, 1.54) is 14.2 Å². The third-order valence-corrected chi connectivity index (χ3v) is 7.11. The molecule has 1 aliphatic heterocycles. The maximum atomic E-state index is 13.2. The monoisotopic (exact) mass is 646 g/mol. The molecule has 0 aromatic heterocycles. The molecule has 1 saturated heterocycles. The van der Waals surface area contributed by atoms with Crippen molar-refractivity contribution in [3.63, 3.8) is 0 Å². The zero-order valence-corrected chi connectivity index (χ0v) is 27.3. The van der Waals surface area contributed by atoms with Crippen LogP contribution >= 0.6 is 0 Å². The second-order valence-electron chi connectivity index (χ2n) is 11.2. The second-order valence-corrected chi connectivity index (χ2v) is 11.2. The van der Waals surface area contributed by atoms with Crippen LogP contribution in [0.1, 0.15) is 85.9 Å². The van der Waals surface area contributed by atoms with Crippen molar-refractivity contribution in [2.24, 2.45) is 0 Å². The first kappa shape index (κ1) is 36.8. The summed E-state index contributed by atoms with van der Waals surface area (Å²) in [6.45, 7) is 3.45. The Morgan fingerprint density at radius 2 is 1.04 bits per heavy atom. The highest BCUT2D eigenvalue weighted by Crippen LogP contribution is 2.36. The quantitative estimate of drug-likeness (QED) is 0.114. The standard InChI is InChI=1S/C37H42O10/c1-37(2)46-33(29(23-15-5-7-17-25-31(38)42-3)44-35(40)27-19-11-9-12-20-27)34(47-37)30(24-16-6-8-18-26-32(39)43-4)45-36(41)28-21-13-10-14-22-28/h9-14,19-22,29-30,33-34H,7-8,17-18,23-26H2,1-4H3/t29-,30-,33-,34-/m1/s1. The van der Waals surface area contributed by atoms with E-state index in [9.17, 15) is 19.2 Å². The van der Waals surface area contributed by atoms with Crippen molar-refractivity contribution in [1.29, 1.82) is 0 Å². The van der Waals surface area contributed by atoms with Crippen molar-refractivity contribution in [2.45, 2.75) is 95.4 Å². The Hall–Kier alpha value is -4.64. The molecule has 0 saturated carbocycles. The Kier molecular flexibility index (Phi) is 15.0. The molecule has 0 unspecified atom stereocenters. The van der Waals surface area contributed by atoms with Crippen LogP contribution in [0.5, 0.6) is 0 Å². The van der Waals surface area contributed by atoms with Crippen molar-refractivity contribution >= 4 is 23.9 Å². The van der Waals surface area contributed by atoms with E-state index in [1.807, 2.05) is 0 Å². The maximum Gasteiger partial charge on any atom is 0.338 e. The van der Waals surface area contributed by atoms with Gasteiger partial charge in [-0.2, -0.15) is 0 Å². The zero-order chi connectivity index (χ0) is 34.1. The lowest BCUT2D eigenvalue weighted by molar-refractivity contribution is -0.160. The van der Waals surface area contributed by atoms with Crippen molar-refractivity contribution in [2.75, 3.05) is 14.2 Å². The van der Waals surface area contributed by atoms with Gasteiger partial charge in [-0.05, 0) is 51.0 Å². The van der Waals surface area contributed by atoms with E-state index in [2.05, 4.69) is 33.2 Å². The van der Waals surface area contributed by atoms with E-state index < -0.39 is 42.1 Å². The molecule has 1 fully saturated rings. The highest BCUT2D eigenvalue weighted by molar-refractivity contribution is 5.90. The van der Waals surface area contributed by atoms with Gasteiger partial charge >= 0.3 is 23.9 Å². The SMILES string of the molecule is COC(=O)CCCC#CC[C@@H](OC(=O)c1ccccc1)[C@H]1OC(C)(C)O[C@@H]1[C@@H](CC#CCCCC(=O)OC)OC(=O)c1ccccc1. The van der Waals surface area contributed by atoms with Crippen LogP contribution in [0.4, 0.5) is 0 Å². The number of methoxy groups -OCH3 is 2. The lowest BCUT2D eigenvalue weighted by Gasteiger charge is -2.29. The predicted octanol–water partition coefficient (Wildman–Crippen LogP) is 5.43. The van der Waals surface area contributed by atoms with E-state index in [4.69, 9.17) is 18.9 Å². The molecule has 47 heavy (non-hydrogen) atoms. The summed E-state index contributed by atoms with van der Waals surface area (Å²) in [5.41, 5.74) is 0.700. The number of carbonyl (C=O) groups is 4. The third kappa shape index (κ3) is 12.6. The van der Waals surface area contributed by atoms with Gasteiger partial charge in [0, 0.05) is 38.5 Å². The minimum absolute atomic E-state index is 0.0932. The predicted molar refractivity (Wildman–Crippen MR) is 172 cm³/mol. The zero-order valence-electron chi connectivity index (χ0n) is 27.3. The first-order valence-corrected chi connectivity index (χ1v) is 15.6. The molecule has 1 heterocycles. The summed E-state index contributed by atoms with van der Waals surface area (Å²) in [6.07, 6.45) is -0.993. The largest absolute Gasteiger partial charge is 0.469 e. The van der Waals surface area contributed by atoms with Crippen LogP contribution in [0.3, 0.4) is 0 Å². The van der Waals surface area contributed by atoms with Crippen molar-refractivity contribution in [3.8, 4) is 23.7 Å². The minimum Gasteiger partial charge on any atom is -0.469 e. The first-order valence-electron chi connectivity index (χ1n) is 15.6. The molecule has 2 aromatic rings. The molecule has 3 rings (SSSR count). The van der Waals surface area contributed by atoms with Crippen LogP contribution in [0.25, 0.3) is 0 Å². The summed E-state index contributed by atoms with van der Waals surface area (Å²) >= 11 is 0. The van der Waals surface area contributed by atoms with E-state index >= 15 is 0 Å². The third-order valence-electron chi connectivity index (χ3n) is 7.11. The Labute approximate surface area is 276 Å². The summed E-state index contributed by atoms with van der Waals surface area (Å²) in [5, 5.41) is 0. The fourth-order valence-corrected chi connectivity index (χ4v) is 4.77. The van der Waals surface area contributed by atoms with Gasteiger partial charge in [0.25, 0.3) is 0 Å². The average Bonchev–Trinajstić information content (AvgIpc) is 3.41. The molecule has 10 nitrogen and oxygen atoms in total. The van der Waals surface area contributed by atoms with Crippen LogP contribution in [0.2, 0.25) is 0 Å². The van der Waals surface area contributed by atoms with Crippen LogP contribution < -0.4 is 0 Å². The molecule has 4 atom stereocenters. The fourth-order valence-electron chi connectivity index (χ4n) is 4.77. The fraction of sp³-hybridized carbons (Fsp3) is 0.459. The van der Waals surface area contributed by atoms with Gasteiger partial charge in [0.05, 0.1) is 25.3 Å². The van der Waals surface area contributed by atoms with Crippen LogP contribution in [0, 0.1) is 23.7 Å². The first-order chi connectivity index (χ1) is 22.6. The minimum atomic E-state index is -1.12.